The van der Waals surface area contributed by atoms with Gasteiger partial charge in [0.2, 0.25) is 5.28 Å². The van der Waals surface area contributed by atoms with Crippen LogP contribution >= 0.6 is 11.6 Å². The average molecular weight is 300 g/mol. The van der Waals surface area contributed by atoms with E-state index in [2.05, 4.69) is 20.3 Å². The Labute approximate surface area is 127 Å². The van der Waals surface area contributed by atoms with Crippen molar-refractivity contribution in [3.05, 3.63) is 47.0 Å². The monoisotopic (exact) mass is 299 g/mol. The van der Waals surface area contributed by atoms with Gasteiger partial charge in [-0.25, -0.2) is 4.98 Å². The Morgan fingerprint density at radius 3 is 2.67 bits per heavy atom. The molecule has 0 saturated carbocycles. The Morgan fingerprint density at radius 2 is 1.86 bits per heavy atom. The van der Waals surface area contributed by atoms with Crippen LogP contribution in [0.5, 0.6) is 0 Å². The van der Waals surface area contributed by atoms with Gasteiger partial charge in [0.25, 0.3) is 0 Å². The van der Waals surface area contributed by atoms with Gasteiger partial charge in [0.1, 0.15) is 0 Å². The number of aryl methyl sites for hydroxylation is 2. The third-order valence-electron chi connectivity index (χ3n) is 3.22. The van der Waals surface area contributed by atoms with Gasteiger partial charge in [-0.05, 0) is 37.6 Å². The highest BCUT2D eigenvalue weighted by Crippen LogP contribution is 2.28. The van der Waals surface area contributed by atoms with Gasteiger partial charge in [-0.15, -0.1) is 0 Å². The minimum atomic E-state index is 0.161. The van der Waals surface area contributed by atoms with Crippen LogP contribution in [0.4, 0.5) is 17.2 Å². The number of fused-ring (bicyclic) bond motifs is 1. The Hall–Kier alpha value is -2.40. The first-order valence-electron chi connectivity index (χ1n) is 6.47. The molecule has 6 heteroatoms. The fraction of sp³-hybridized carbons (Fsp3) is 0.133. The van der Waals surface area contributed by atoms with Crippen molar-refractivity contribution in [2.45, 2.75) is 13.8 Å². The van der Waals surface area contributed by atoms with Gasteiger partial charge in [-0.2, -0.15) is 4.98 Å². The van der Waals surface area contributed by atoms with Crippen LogP contribution in [0.25, 0.3) is 10.9 Å². The molecule has 106 valence electrons. The van der Waals surface area contributed by atoms with Crippen LogP contribution in [0, 0.1) is 13.8 Å². The summed E-state index contributed by atoms with van der Waals surface area (Å²) >= 11 is 5.90. The molecule has 0 aliphatic carbocycles. The molecule has 21 heavy (non-hydrogen) atoms. The molecule has 0 saturated heterocycles. The predicted molar refractivity (Wildman–Crippen MR) is 86.0 cm³/mol. The molecule has 0 unspecified atom stereocenters. The van der Waals surface area contributed by atoms with Crippen molar-refractivity contribution in [2.75, 3.05) is 11.1 Å². The first-order valence-corrected chi connectivity index (χ1v) is 6.85. The number of nitrogens with two attached hydrogens (primary N) is 1. The zero-order chi connectivity index (χ0) is 15.0. The van der Waals surface area contributed by atoms with Crippen LogP contribution < -0.4 is 11.1 Å². The van der Waals surface area contributed by atoms with Crippen LogP contribution in [0.1, 0.15) is 11.4 Å². The second-order valence-corrected chi connectivity index (χ2v) is 5.13. The second-order valence-electron chi connectivity index (χ2n) is 4.80. The van der Waals surface area contributed by atoms with Crippen molar-refractivity contribution in [1.29, 1.82) is 0 Å². The van der Waals surface area contributed by atoms with E-state index in [0.717, 1.165) is 22.3 Å². The van der Waals surface area contributed by atoms with Crippen LogP contribution in [-0.4, -0.2) is 15.0 Å². The normalized spacial score (nSPS) is 10.8. The van der Waals surface area contributed by atoms with Gasteiger partial charge in [0.15, 0.2) is 5.82 Å². The average Bonchev–Trinajstić information content (AvgIpc) is 2.45. The lowest BCUT2D eigenvalue weighted by Gasteiger charge is -2.12. The number of nitrogens with zero attached hydrogens (tertiary/aromatic N) is 3. The molecular weight excluding hydrogens is 286 g/mol. The molecule has 2 aromatic heterocycles. The molecule has 1 aromatic carbocycles. The van der Waals surface area contributed by atoms with E-state index in [0.29, 0.717) is 17.2 Å². The highest BCUT2D eigenvalue weighted by Gasteiger charge is 2.10. The number of rotatable bonds is 2. The summed E-state index contributed by atoms with van der Waals surface area (Å²) in [5, 5.41) is 4.40. The molecule has 0 atom stereocenters. The molecule has 0 aliphatic heterocycles. The first kappa shape index (κ1) is 13.6. The predicted octanol–water partition coefficient (Wildman–Crippen LogP) is 3.62. The Kier molecular flexibility index (Phi) is 3.35. The lowest BCUT2D eigenvalue weighted by atomic mass is 10.1. The Bertz CT molecular complexity index is 832. The van der Waals surface area contributed by atoms with E-state index < -0.39 is 0 Å². The van der Waals surface area contributed by atoms with Crippen molar-refractivity contribution in [3.63, 3.8) is 0 Å². The molecule has 0 fully saturated rings. The highest BCUT2D eigenvalue weighted by molar-refractivity contribution is 6.28. The number of hydrogen-bond donors (Lipinski definition) is 2. The molecule has 0 radical (unpaired) electrons. The van der Waals surface area contributed by atoms with Crippen LogP contribution in [0.3, 0.4) is 0 Å². The standard InChI is InChI=1S/C15H14ClN5/c1-8-6-7-10-4-3-5-11(13(10)18-8)20-14-12(17)9(2)19-15(16)21-14/h3-7H,17H2,1-2H3,(H,19,20,21). The zero-order valence-electron chi connectivity index (χ0n) is 11.7. The van der Waals surface area contributed by atoms with Crippen LogP contribution in [-0.2, 0) is 0 Å². The van der Waals surface area contributed by atoms with Crippen molar-refractivity contribution in [2.24, 2.45) is 0 Å². The number of nitrogen functional groups attached to an aromatic ring is 1. The van der Waals surface area contributed by atoms with Gasteiger partial charge in [0, 0.05) is 11.1 Å². The number of pyridine rings is 1. The number of anilines is 3. The highest BCUT2D eigenvalue weighted by atomic mass is 35.5. The number of hydrogen-bond acceptors (Lipinski definition) is 5. The molecule has 2 heterocycles. The van der Waals surface area contributed by atoms with Crippen molar-refractivity contribution >= 4 is 39.7 Å². The lowest BCUT2D eigenvalue weighted by molar-refractivity contribution is 1.11. The minimum Gasteiger partial charge on any atom is -0.394 e. The molecule has 5 nitrogen and oxygen atoms in total. The van der Waals surface area contributed by atoms with E-state index in [1.54, 1.807) is 6.92 Å². The maximum Gasteiger partial charge on any atom is 0.224 e. The molecular formula is C15H14ClN5. The Morgan fingerprint density at radius 1 is 1.05 bits per heavy atom. The van der Waals surface area contributed by atoms with Crippen molar-refractivity contribution < 1.29 is 0 Å². The zero-order valence-corrected chi connectivity index (χ0v) is 12.4. The van der Waals surface area contributed by atoms with E-state index in [-0.39, 0.29) is 5.28 Å². The third kappa shape index (κ3) is 2.60. The van der Waals surface area contributed by atoms with Gasteiger partial charge >= 0.3 is 0 Å². The molecule has 0 aliphatic rings. The molecule has 0 bridgehead atoms. The number of para-hydroxylation sites is 1. The van der Waals surface area contributed by atoms with E-state index in [9.17, 15) is 0 Å². The quantitative estimate of drug-likeness (QED) is 0.707. The van der Waals surface area contributed by atoms with E-state index in [1.807, 2.05) is 37.3 Å². The molecule has 0 spiro atoms. The summed E-state index contributed by atoms with van der Waals surface area (Å²) in [6.07, 6.45) is 0. The van der Waals surface area contributed by atoms with Gasteiger partial charge in [-0.1, -0.05) is 18.2 Å². The van der Waals surface area contributed by atoms with Crippen LogP contribution in [0.15, 0.2) is 30.3 Å². The number of halogens is 1. The lowest BCUT2D eigenvalue weighted by Crippen LogP contribution is -2.04. The number of nitrogens with one attached hydrogen (secondary N) is 1. The SMILES string of the molecule is Cc1ccc2cccc(Nc3nc(Cl)nc(C)c3N)c2n1. The minimum absolute atomic E-state index is 0.161. The number of aromatic nitrogens is 3. The maximum absolute atomic E-state index is 6.01. The molecule has 3 rings (SSSR count). The van der Waals surface area contributed by atoms with Crippen molar-refractivity contribution in [1.82, 2.24) is 15.0 Å². The second kappa shape index (κ2) is 5.18. The van der Waals surface area contributed by atoms with Crippen molar-refractivity contribution in [3.8, 4) is 0 Å². The van der Waals surface area contributed by atoms with Gasteiger partial charge in [-0.3, -0.25) is 4.98 Å². The molecule has 3 aromatic rings. The smallest absolute Gasteiger partial charge is 0.224 e. The summed E-state index contributed by atoms with van der Waals surface area (Å²) < 4.78 is 0. The fourth-order valence-corrected chi connectivity index (χ4v) is 2.33. The Balaban J connectivity index is 2.12. The van der Waals surface area contributed by atoms with E-state index in [1.165, 1.54) is 0 Å². The van der Waals surface area contributed by atoms with Gasteiger partial charge in [0.05, 0.1) is 22.6 Å². The fourth-order valence-electron chi connectivity index (χ4n) is 2.12. The molecule has 3 N–H and O–H groups in total. The summed E-state index contributed by atoms with van der Waals surface area (Å²) in [7, 11) is 0. The summed E-state index contributed by atoms with van der Waals surface area (Å²) in [6.45, 7) is 3.75. The largest absolute Gasteiger partial charge is 0.394 e. The first-order chi connectivity index (χ1) is 10.0. The summed E-state index contributed by atoms with van der Waals surface area (Å²) in [6, 6.07) is 9.90. The summed E-state index contributed by atoms with van der Waals surface area (Å²) in [5.74, 6) is 0.489. The van der Waals surface area contributed by atoms with Gasteiger partial charge < -0.3 is 11.1 Å². The maximum atomic E-state index is 6.01. The van der Waals surface area contributed by atoms with E-state index >= 15 is 0 Å². The van der Waals surface area contributed by atoms with E-state index in [4.69, 9.17) is 17.3 Å². The topological polar surface area (TPSA) is 76.7 Å². The number of benzene rings is 1. The van der Waals surface area contributed by atoms with Crippen LogP contribution in [0.2, 0.25) is 5.28 Å². The summed E-state index contributed by atoms with van der Waals surface area (Å²) in [4.78, 5) is 12.7. The summed E-state index contributed by atoms with van der Waals surface area (Å²) in [5.41, 5.74) is 9.76. The molecule has 0 amide bonds. The third-order valence-corrected chi connectivity index (χ3v) is 3.39.